The first kappa shape index (κ1) is 9.41. The lowest BCUT2D eigenvalue weighted by atomic mass is 10.1. The Hall–Kier alpha value is -0.820. The molecule has 1 saturated carbocycles. The lowest BCUT2D eigenvalue weighted by Crippen LogP contribution is -2.16. The van der Waals surface area contributed by atoms with Crippen molar-refractivity contribution < 1.29 is 0 Å². The summed E-state index contributed by atoms with van der Waals surface area (Å²) in [6.45, 7) is 2.28. The lowest BCUT2D eigenvalue weighted by Gasteiger charge is -2.06. The van der Waals surface area contributed by atoms with E-state index in [1.165, 1.54) is 44.2 Å². The summed E-state index contributed by atoms with van der Waals surface area (Å²) in [6.07, 6.45) is 6.83. The number of fused-ring (bicyclic) bond motifs is 1. The first-order valence-corrected chi connectivity index (χ1v) is 6.23. The van der Waals surface area contributed by atoms with Gasteiger partial charge in [-0.15, -0.1) is 0 Å². The SMILES string of the molecule is c1cc2c(cc1CNCC1CC1)CCC2. The fraction of sp³-hybridized carbons (Fsp3) is 0.571. The summed E-state index contributed by atoms with van der Waals surface area (Å²) in [5.41, 5.74) is 4.65. The normalized spacial score (nSPS) is 19.2. The molecule has 3 rings (SSSR count). The Morgan fingerprint density at radius 1 is 1.13 bits per heavy atom. The molecule has 0 unspecified atom stereocenters. The van der Waals surface area contributed by atoms with Gasteiger partial charge in [-0.05, 0) is 61.3 Å². The van der Waals surface area contributed by atoms with Gasteiger partial charge >= 0.3 is 0 Å². The Morgan fingerprint density at radius 2 is 2.00 bits per heavy atom. The fourth-order valence-electron chi connectivity index (χ4n) is 2.48. The highest BCUT2D eigenvalue weighted by Gasteiger charge is 2.20. The smallest absolute Gasteiger partial charge is 0.0205 e. The molecule has 0 spiro atoms. The highest BCUT2D eigenvalue weighted by atomic mass is 14.9. The van der Waals surface area contributed by atoms with Gasteiger partial charge in [0.25, 0.3) is 0 Å². The zero-order valence-electron chi connectivity index (χ0n) is 9.26. The quantitative estimate of drug-likeness (QED) is 0.789. The van der Waals surface area contributed by atoms with Crippen LogP contribution in [-0.4, -0.2) is 6.54 Å². The maximum absolute atomic E-state index is 3.55. The minimum absolute atomic E-state index is 0.986. The number of hydrogen-bond donors (Lipinski definition) is 1. The minimum Gasteiger partial charge on any atom is -0.312 e. The third-order valence-corrected chi connectivity index (χ3v) is 3.62. The predicted molar refractivity (Wildman–Crippen MR) is 62.9 cm³/mol. The Labute approximate surface area is 91.9 Å². The molecule has 80 valence electrons. The highest BCUT2D eigenvalue weighted by molar-refractivity contribution is 5.35. The summed E-state index contributed by atoms with van der Waals surface area (Å²) >= 11 is 0. The molecular formula is C14H19N. The van der Waals surface area contributed by atoms with Gasteiger partial charge in [0.05, 0.1) is 0 Å². The second kappa shape index (κ2) is 3.97. The van der Waals surface area contributed by atoms with Gasteiger partial charge in [0.1, 0.15) is 0 Å². The highest BCUT2D eigenvalue weighted by Crippen LogP contribution is 2.27. The average Bonchev–Trinajstić information content (AvgIpc) is 2.95. The van der Waals surface area contributed by atoms with Crippen LogP contribution in [0.1, 0.15) is 36.0 Å². The number of aryl methyl sites for hydroxylation is 2. The van der Waals surface area contributed by atoms with Gasteiger partial charge in [-0.25, -0.2) is 0 Å². The summed E-state index contributed by atoms with van der Waals surface area (Å²) in [4.78, 5) is 0. The van der Waals surface area contributed by atoms with E-state index >= 15 is 0 Å². The molecule has 1 nitrogen and oxygen atoms in total. The molecule has 0 radical (unpaired) electrons. The van der Waals surface area contributed by atoms with Crippen molar-refractivity contribution in [1.82, 2.24) is 5.32 Å². The van der Waals surface area contributed by atoms with Gasteiger partial charge in [0, 0.05) is 6.54 Å². The molecule has 0 saturated heterocycles. The number of benzene rings is 1. The molecule has 1 fully saturated rings. The van der Waals surface area contributed by atoms with Gasteiger partial charge in [0.15, 0.2) is 0 Å². The van der Waals surface area contributed by atoms with E-state index in [1.54, 1.807) is 11.1 Å². The molecule has 2 aliphatic rings. The van der Waals surface area contributed by atoms with Crippen LogP contribution in [0.5, 0.6) is 0 Å². The second-order valence-electron chi connectivity index (χ2n) is 5.03. The molecule has 0 amide bonds. The Morgan fingerprint density at radius 3 is 2.87 bits per heavy atom. The largest absolute Gasteiger partial charge is 0.312 e. The third-order valence-electron chi connectivity index (χ3n) is 3.62. The van der Waals surface area contributed by atoms with Crippen LogP contribution >= 0.6 is 0 Å². The van der Waals surface area contributed by atoms with E-state index in [2.05, 4.69) is 23.5 Å². The monoisotopic (exact) mass is 201 g/mol. The van der Waals surface area contributed by atoms with Crippen LogP contribution in [-0.2, 0) is 19.4 Å². The van der Waals surface area contributed by atoms with Crippen LogP contribution in [0.4, 0.5) is 0 Å². The van der Waals surface area contributed by atoms with Crippen molar-refractivity contribution in [2.75, 3.05) is 6.54 Å². The van der Waals surface area contributed by atoms with Crippen LogP contribution in [0.15, 0.2) is 18.2 Å². The number of rotatable bonds is 4. The first-order valence-electron chi connectivity index (χ1n) is 6.23. The van der Waals surface area contributed by atoms with Crippen molar-refractivity contribution in [3.05, 3.63) is 34.9 Å². The van der Waals surface area contributed by atoms with Crippen LogP contribution in [0, 0.1) is 5.92 Å². The molecule has 0 heterocycles. The second-order valence-corrected chi connectivity index (χ2v) is 5.03. The van der Waals surface area contributed by atoms with E-state index in [4.69, 9.17) is 0 Å². The lowest BCUT2D eigenvalue weighted by molar-refractivity contribution is 0.638. The zero-order chi connectivity index (χ0) is 10.1. The van der Waals surface area contributed by atoms with Crippen molar-refractivity contribution in [2.24, 2.45) is 5.92 Å². The maximum Gasteiger partial charge on any atom is 0.0205 e. The van der Waals surface area contributed by atoms with Gasteiger partial charge in [-0.3, -0.25) is 0 Å². The molecule has 1 aromatic carbocycles. The molecule has 15 heavy (non-hydrogen) atoms. The maximum atomic E-state index is 3.55. The Balaban J connectivity index is 1.59. The van der Waals surface area contributed by atoms with Crippen molar-refractivity contribution in [1.29, 1.82) is 0 Å². The Kier molecular flexibility index (Phi) is 2.49. The van der Waals surface area contributed by atoms with Gasteiger partial charge in [-0.2, -0.15) is 0 Å². The summed E-state index contributed by atoms with van der Waals surface area (Å²) in [7, 11) is 0. The Bertz CT molecular complexity index is 352. The van der Waals surface area contributed by atoms with Crippen LogP contribution in [0.2, 0.25) is 0 Å². The molecule has 1 heteroatoms. The molecule has 1 aromatic rings. The summed E-state index contributed by atoms with van der Waals surface area (Å²) in [6, 6.07) is 7.03. The van der Waals surface area contributed by atoms with E-state index in [-0.39, 0.29) is 0 Å². The van der Waals surface area contributed by atoms with Crippen molar-refractivity contribution >= 4 is 0 Å². The first-order chi connectivity index (χ1) is 7.42. The van der Waals surface area contributed by atoms with Crippen LogP contribution in [0.25, 0.3) is 0 Å². The van der Waals surface area contributed by atoms with Crippen LogP contribution < -0.4 is 5.32 Å². The molecule has 2 aliphatic carbocycles. The van der Waals surface area contributed by atoms with Gasteiger partial charge in [-0.1, -0.05) is 18.2 Å². The van der Waals surface area contributed by atoms with Crippen molar-refractivity contribution in [2.45, 2.75) is 38.6 Å². The topological polar surface area (TPSA) is 12.0 Å². The fourth-order valence-corrected chi connectivity index (χ4v) is 2.48. The predicted octanol–water partition coefficient (Wildman–Crippen LogP) is 2.67. The van der Waals surface area contributed by atoms with E-state index < -0.39 is 0 Å². The number of hydrogen-bond acceptors (Lipinski definition) is 1. The third kappa shape index (κ3) is 2.23. The minimum atomic E-state index is 0.986. The van der Waals surface area contributed by atoms with Gasteiger partial charge < -0.3 is 5.32 Å². The van der Waals surface area contributed by atoms with Gasteiger partial charge in [0.2, 0.25) is 0 Å². The molecule has 0 atom stereocenters. The molecule has 0 aromatic heterocycles. The molecular weight excluding hydrogens is 182 g/mol. The van der Waals surface area contributed by atoms with Crippen molar-refractivity contribution in [3.8, 4) is 0 Å². The van der Waals surface area contributed by atoms with E-state index in [1.807, 2.05) is 0 Å². The zero-order valence-corrected chi connectivity index (χ0v) is 9.26. The summed E-state index contributed by atoms with van der Waals surface area (Å²) in [5.74, 6) is 0.986. The average molecular weight is 201 g/mol. The van der Waals surface area contributed by atoms with E-state index in [9.17, 15) is 0 Å². The standard InChI is InChI=1S/C14H19N/c1-2-13-7-6-12(8-14(13)3-1)10-15-9-11-4-5-11/h6-8,11,15H,1-5,9-10H2. The molecule has 0 aliphatic heterocycles. The van der Waals surface area contributed by atoms with E-state index in [0.29, 0.717) is 0 Å². The number of nitrogens with one attached hydrogen (secondary N) is 1. The summed E-state index contributed by atoms with van der Waals surface area (Å²) < 4.78 is 0. The summed E-state index contributed by atoms with van der Waals surface area (Å²) in [5, 5.41) is 3.55. The van der Waals surface area contributed by atoms with E-state index in [0.717, 1.165) is 12.5 Å². The van der Waals surface area contributed by atoms with Crippen molar-refractivity contribution in [3.63, 3.8) is 0 Å². The molecule has 0 bridgehead atoms. The molecule has 1 N–H and O–H groups in total. The van der Waals surface area contributed by atoms with Crippen LogP contribution in [0.3, 0.4) is 0 Å².